The predicted molar refractivity (Wildman–Crippen MR) is 86.3 cm³/mol. The topological polar surface area (TPSA) is 42.0 Å². The molecule has 1 atom stereocenters. The molecule has 1 aromatic heterocycles. The lowest BCUT2D eigenvalue weighted by Crippen LogP contribution is -2.22. The van der Waals surface area contributed by atoms with Crippen LogP contribution in [0.1, 0.15) is 45.1 Å². The second kappa shape index (κ2) is 6.84. The Balaban J connectivity index is 2.10. The number of anilines is 1. The number of thiazole rings is 1. The fraction of sp³-hybridized carbons (Fsp3) is 0.500. The molecule has 0 aliphatic carbocycles. The number of carbonyl (C=O) groups excluding carboxylic acids is 1. The van der Waals surface area contributed by atoms with Crippen LogP contribution in [0.25, 0.3) is 10.2 Å². The third-order valence-electron chi connectivity index (χ3n) is 3.62. The number of rotatable bonds is 6. The van der Waals surface area contributed by atoms with E-state index in [1.165, 1.54) is 0 Å². The van der Waals surface area contributed by atoms with E-state index in [4.69, 9.17) is 0 Å². The van der Waals surface area contributed by atoms with E-state index in [0.29, 0.717) is 5.13 Å². The maximum atomic E-state index is 12.3. The van der Waals surface area contributed by atoms with Gasteiger partial charge >= 0.3 is 0 Å². The summed E-state index contributed by atoms with van der Waals surface area (Å²) in [5, 5.41) is 3.70. The zero-order valence-corrected chi connectivity index (χ0v) is 13.2. The molecule has 4 heteroatoms. The van der Waals surface area contributed by atoms with Crippen LogP contribution in [0.5, 0.6) is 0 Å². The van der Waals surface area contributed by atoms with Gasteiger partial charge in [0.25, 0.3) is 0 Å². The summed E-state index contributed by atoms with van der Waals surface area (Å²) in [4.78, 5) is 16.8. The predicted octanol–water partition coefficient (Wildman–Crippen LogP) is 4.76. The van der Waals surface area contributed by atoms with Gasteiger partial charge in [0.1, 0.15) is 0 Å². The van der Waals surface area contributed by atoms with Crippen LogP contribution in [-0.2, 0) is 4.79 Å². The van der Waals surface area contributed by atoms with Gasteiger partial charge in [-0.1, -0.05) is 50.2 Å². The molecule has 0 fully saturated rings. The van der Waals surface area contributed by atoms with Gasteiger partial charge in [0.05, 0.1) is 10.2 Å². The number of nitrogens with one attached hydrogen (secondary N) is 1. The van der Waals surface area contributed by atoms with E-state index < -0.39 is 0 Å². The Labute approximate surface area is 124 Å². The van der Waals surface area contributed by atoms with Crippen molar-refractivity contribution < 1.29 is 4.79 Å². The van der Waals surface area contributed by atoms with Crippen LogP contribution in [0, 0.1) is 12.8 Å². The average Bonchev–Trinajstić information content (AvgIpc) is 2.83. The van der Waals surface area contributed by atoms with E-state index in [9.17, 15) is 4.79 Å². The number of aromatic nitrogens is 1. The molecule has 2 rings (SSSR count). The number of hydrogen-bond donors (Lipinski definition) is 1. The van der Waals surface area contributed by atoms with Gasteiger partial charge in [-0.15, -0.1) is 0 Å². The number of fused-ring (bicyclic) bond motifs is 1. The van der Waals surface area contributed by atoms with Crippen LogP contribution >= 0.6 is 11.3 Å². The van der Waals surface area contributed by atoms with E-state index in [2.05, 4.69) is 24.1 Å². The standard InChI is InChI=1S/C16H22N2OS/c1-4-6-9-12(5-2)15(19)18-16-17-14-11(3)8-7-10-13(14)20-16/h7-8,10,12H,4-6,9H2,1-3H3,(H,17,18,19). The van der Waals surface area contributed by atoms with Crippen LogP contribution in [-0.4, -0.2) is 10.9 Å². The molecule has 0 aliphatic rings. The van der Waals surface area contributed by atoms with Crippen molar-refractivity contribution in [3.8, 4) is 0 Å². The summed E-state index contributed by atoms with van der Waals surface area (Å²) in [6.45, 7) is 6.27. The first kappa shape index (κ1) is 15.0. The monoisotopic (exact) mass is 290 g/mol. The number of amides is 1. The van der Waals surface area contributed by atoms with Crippen molar-refractivity contribution >= 4 is 32.6 Å². The van der Waals surface area contributed by atoms with E-state index in [1.54, 1.807) is 11.3 Å². The number of aryl methyl sites for hydroxylation is 1. The van der Waals surface area contributed by atoms with Crippen molar-refractivity contribution in [2.75, 3.05) is 5.32 Å². The first-order chi connectivity index (χ1) is 9.65. The minimum absolute atomic E-state index is 0.100. The van der Waals surface area contributed by atoms with Gasteiger partial charge in [-0.3, -0.25) is 4.79 Å². The molecule has 0 bridgehead atoms. The van der Waals surface area contributed by atoms with Crippen LogP contribution in [0.15, 0.2) is 18.2 Å². The number of unbranched alkanes of at least 4 members (excludes halogenated alkanes) is 1. The Hall–Kier alpha value is -1.42. The highest BCUT2D eigenvalue weighted by Crippen LogP contribution is 2.28. The number of carbonyl (C=O) groups is 1. The Morgan fingerprint density at radius 2 is 2.20 bits per heavy atom. The fourth-order valence-electron chi connectivity index (χ4n) is 2.32. The van der Waals surface area contributed by atoms with Gasteiger partial charge < -0.3 is 5.32 Å². The minimum atomic E-state index is 0.100. The Bertz CT molecular complexity index is 591. The summed E-state index contributed by atoms with van der Waals surface area (Å²) >= 11 is 1.55. The SMILES string of the molecule is CCCCC(CC)C(=O)Nc1nc2c(C)cccc2s1. The first-order valence-electron chi connectivity index (χ1n) is 7.32. The number of benzene rings is 1. The molecule has 0 radical (unpaired) electrons. The molecule has 1 unspecified atom stereocenters. The Morgan fingerprint density at radius 1 is 1.40 bits per heavy atom. The summed E-state index contributed by atoms with van der Waals surface area (Å²) < 4.78 is 1.13. The second-order valence-electron chi connectivity index (χ2n) is 5.18. The van der Waals surface area contributed by atoms with E-state index in [0.717, 1.165) is 41.5 Å². The summed E-state index contributed by atoms with van der Waals surface area (Å²) in [6, 6.07) is 6.12. The molecule has 20 heavy (non-hydrogen) atoms. The zero-order valence-electron chi connectivity index (χ0n) is 12.4. The first-order valence-corrected chi connectivity index (χ1v) is 8.14. The van der Waals surface area contributed by atoms with Crippen molar-refractivity contribution in [2.45, 2.75) is 46.5 Å². The maximum Gasteiger partial charge on any atom is 0.229 e. The highest BCUT2D eigenvalue weighted by Gasteiger charge is 2.17. The largest absolute Gasteiger partial charge is 0.302 e. The summed E-state index contributed by atoms with van der Waals surface area (Å²) in [7, 11) is 0. The molecular formula is C16H22N2OS. The van der Waals surface area contributed by atoms with Crippen molar-refractivity contribution in [1.82, 2.24) is 4.98 Å². The highest BCUT2D eigenvalue weighted by molar-refractivity contribution is 7.22. The maximum absolute atomic E-state index is 12.3. The van der Waals surface area contributed by atoms with E-state index >= 15 is 0 Å². The van der Waals surface area contributed by atoms with Gasteiger partial charge in [0.15, 0.2) is 5.13 Å². The lowest BCUT2D eigenvalue weighted by atomic mass is 9.99. The molecule has 3 nitrogen and oxygen atoms in total. The average molecular weight is 290 g/mol. The van der Waals surface area contributed by atoms with Crippen molar-refractivity contribution in [2.24, 2.45) is 5.92 Å². The van der Waals surface area contributed by atoms with Crippen molar-refractivity contribution in [3.63, 3.8) is 0 Å². The van der Waals surface area contributed by atoms with E-state index in [1.807, 2.05) is 25.1 Å². The molecule has 0 aliphatic heterocycles. The summed E-state index contributed by atoms with van der Waals surface area (Å²) in [5.74, 6) is 0.209. The summed E-state index contributed by atoms with van der Waals surface area (Å²) in [6.07, 6.45) is 4.08. The molecule has 2 aromatic rings. The van der Waals surface area contributed by atoms with Gasteiger partial charge in [0.2, 0.25) is 5.91 Å². The smallest absolute Gasteiger partial charge is 0.229 e. The Kier molecular flexibility index (Phi) is 5.12. The van der Waals surface area contributed by atoms with Crippen molar-refractivity contribution in [1.29, 1.82) is 0 Å². The molecular weight excluding hydrogens is 268 g/mol. The van der Waals surface area contributed by atoms with Crippen molar-refractivity contribution in [3.05, 3.63) is 23.8 Å². The third kappa shape index (κ3) is 3.37. The van der Waals surface area contributed by atoms with E-state index in [-0.39, 0.29) is 11.8 Å². The highest BCUT2D eigenvalue weighted by atomic mass is 32.1. The zero-order chi connectivity index (χ0) is 14.5. The molecule has 1 heterocycles. The fourth-order valence-corrected chi connectivity index (χ4v) is 3.27. The molecule has 0 spiro atoms. The van der Waals surface area contributed by atoms with Crippen LogP contribution in [0.4, 0.5) is 5.13 Å². The normalized spacial score (nSPS) is 12.6. The minimum Gasteiger partial charge on any atom is -0.302 e. The Morgan fingerprint density at radius 3 is 2.85 bits per heavy atom. The molecule has 1 aromatic carbocycles. The van der Waals surface area contributed by atoms with Crippen LogP contribution < -0.4 is 5.32 Å². The number of hydrogen-bond acceptors (Lipinski definition) is 3. The van der Waals surface area contributed by atoms with Gasteiger partial charge in [-0.25, -0.2) is 4.98 Å². The molecule has 0 saturated carbocycles. The summed E-state index contributed by atoms with van der Waals surface area (Å²) in [5.41, 5.74) is 2.15. The number of nitrogens with zero attached hydrogens (tertiary/aromatic N) is 1. The van der Waals surface area contributed by atoms with Gasteiger partial charge in [-0.05, 0) is 31.4 Å². The van der Waals surface area contributed by atoms with Gasteiger partial charge in [0, 0.05) is 5.92 Å². The van der Waals surface area contributed by atoms with Crippen LogP contribution in [0.2, 0.25) is 0 Å². The van der Waals surface area contributed by atoms with Gasteiger partial charge in [-0.2, -0.15) is 0 Å². The number of para-hydroxylation sites is 1. The third-order valence-corrected chi connectivity index (χ3v) is 4.56. The second-order valence-corrected chi connectivity index (χ2v) is 6.21. The quantitative estimate of drug-likeness (QED) is 0.833. The molecule has 0 saturated heterocycles. The lowest BCUT2D eigenvalue weighted by molar-refractivity contribution is -0.120. The molecule has 108 valence electrons. The molecule has 1 amide bonds. The molecule has 1 N–H and O–H groups in total. The van der Waals surface area contributed by atoms with Crippen LogP contribution in [0.3, 0.4) is 0 Å². The lowest BCUT2D eigenvalue weighted by Gasteiger charge is -2.12.